The molecule has 1 N–H and O–H groups in total. The number of hydrogen-bond acceptors (Lipinski definition) is 2. The van der Waals surface area contributed by atoms with Gasteiger partial charge in [0.15, 0.2) is 0 Å². The molecule has 1 aliphatic heterocycles. The van der Waals surface area contributed by atoms with E-state index < -0.39 is 0 Å². The summed E-state index contributed by atoms with van der Waals surface area (Å²) >= 11 is 0. The summed E-state index contributed by atoms with van der Waals surface area (Å²) in [6.45, 7) is 5.11. The van der Waals surface area contributed by atoms with Gasteiger partial charge in [0.2, 0.25) is 0 Å². The van der Waals surface area contributed by atoms with E-state index in [0.29, 0.717) is 0 Å². The van der Waals surface area contributed by atoms with E-state index in [2.05, 4.69) is 19.2 Å². The van der Waals surface area contributed by atoms with Crippen LogP contribution in [0.1, 0.15) is 31.9 Å². The second-order valence-electron chi connectivity index (χ2n) is 4.34. The minimum absolute atomic E-state index is 0.0271. The van der Waals surface area contributed by atoms with Crippen molar-refractivity contribution in [3.05, 3.63) is 35.6 Å². The first-order chi connectivity index (χ1) is 7.70. The van der Waals surface area contributed by atoms with Gasteiger partial charge in [-0.2, -0.15) is 0 Å². The van der Waals surface area contributed by atoms with Crippen LogP contribution in [-0.2, 0) is 4.74 Å². The quantitative estimate of drug-likeness (QED) is 0.832. The molecule has 0 radical (unpaired) electrons. The molecule has 0 spiro atoms. The van der Waals surface area contributed by atoms with Gasteiger partial charge in [0.25, 0.3) is 0 Å². The zero-order valence-corrected chi connectivity index (χ0v) is 9.74. The zero-order chi connectivity index (χ0) is 11.5. The fraction of sp³-hybridized carbons (Fsp3) is 0.538. The van der Waals surface area contributed by atoms with Gasteiger partial charge >= 0.3 is 0 Å². The van der Waals surface area contributed by atoms with Crippen molar-refractivity contribution >= 4 is 0 Å². The van der Waals surface area contributed by atoms with Gasteiger partial charge in [-0.25, -0.2) is 4.39 Å². The summed E-state index contributed by atoms with van der Waals surface area (Å²) in [6.07, 6.45) is 1.28. The predicted octanol–water partition coefficient (Wildman–Crippen LogP) is 2.65. The molecule has 3 unspecified atom stereocenters. The zero-order valence-electron chi connectivity index (χ0n) is 9.74. The molecular formula is C13H18FNO. The summed E-state index contributed by atoms with van der Waals surface area (Å²) in [4.78, 5) is 0. The largest absolute Gasteiger partial charge is 0.367 e. The van der Waals surface area contributed by atoms with Crippen molar-refractivity contribution in [3.8, 4) is 0 Å². The van der Waals surface area contributed by atoms with E-state index >= 15 is 0 Å². The number of benzene rings is 1. The second-order valence-corrected chi connectivity index (χ2v) is 4.34. The third-order valence-corrected chi connectivity index (χ3v) is 3.11. The molecule has 2 nitrogen and oxygen atoms in total. The van der Waals surface area contributed by atoms with E-state index in [1.54, 1.807) is 12.1 Å². The molecule has 1 heterocycles. The number of nitrogens with one attached hydrogen (secondary N) is 1. The van der Waals surface area contributed by atoms with E-state index in [4.69, 9.17) is 4.74 Å². The van der Waals surface area contributed by atoms with Gasteiger partial charge < -0.3 is 10.1 Å². The van der Waals surface area contributed by atoms with Gasteiger partial charge in [-0.3, -0.25) is 0 Å². The maximum absolute atomic E-state index is 12.8. The Morgan fingerprint density at radius 2 is 2.06 bits per heavy atom. The molecule has 0 aromatic heterocycles. The molecule has 1 saturated heterocycles. The Labute approximate surface area is 95.8 Å². The number of ether oxygens (including phenoxy) is 1. The molecule has 3 atom stereocenters. The Balaban J connectivity index is 2.14. The summed E-state index contributed by atoms with van der Waals surface area (Å²) in [5.41, 5.74) is 1.04. The van der Waals surface area contributed by atoms with Crippen LogP contribution < -0.4 is 5.32 Å². The number of morpholine rings is 1. The molecule has 0 amide bonds. The van der Waals surface area contributed by atoms with E-state index in [9.17, 15) is 4.39 Å². The molecule has 2 rings (SSSR count). The summed E-state index contributed by atoms with van der Waals surface area (Å²) in [5.74, 6) is -0.202. The van der Waals surface area contributed by atoms with Crippen LogP contribution in [0.4, 0.5) is 4.39 Å². The smallest absolute Gasteiger partial charge is 0.123 e. The Hall–Kier alpha value is -0.930. The van der Waals surface area contributed by atoms with Crippen molar-refractivity contribution in [3.63, 3.8) is 0 Å². The molecule has 3 heteroatoms. The molecule has 0 aliphatic carbocycles. The topological polar surface area (TPSA) is 21.3 Å². The first-order valence-electron chi connectivity index (χ1n) is 5.85. The Morgan fingerprint density at radius 1 is 1.38 bits per heavy atom. The minimum atomic E-state index is -0.202. The monoisotopic (exact) mass is 223 g/mol. The first-order valence-corrected chi connectivity index (χ1v) is 5.85. The van der Waals surface area contributed by atoms with Gasteiger partial charge in [0, 0.05) is 12.6 Å². The van der Waals surface area contributed by atoms with Crippen molar-refractivity contribution in [1.29, 1.82) is 0 Å². The predicted molar refractivity (Wildman–Crippen MR) is 61.8 cm³/mol. The lowest BCUT2D eigenvalue weighted by atomic mass is 10.0. The van der Waals surface area contributed by atoms with Crippen LogP contribution in [-0.4, -0.2) is 18.7 Å². The van der Waals surface area contributed by atoms with Crippen molar-refractivity contribution < 1.29 is 9.13 Å². The molecule has 0 saturated carbocycles. The highest BCUT2D eigenvalue weighted by Gasteiger charge is 2.28. The van der Waals surface area contributed by atoms with Crippen LogP contribution >= 0.6 is 0 Å². The van der Waals surface area contributed by atoms with Crippen LogP contribution in [0.3, 0.4) is 0 Å². The molecule has 1 aromatic rings. The Morgan fingerprint density at radius 3 is 2.69 bits per heavy atom. The van der Waals surface area contributed by atoms with Crippen molar-refractivity contribution in [2.75, 3.05) is 6.54 Å². The second kappa shape index (κ2) is 4.93. The van der Waals surface area contributed by atoms with Gasteiger partial charge in [-0.05, 0) is 31.0 Å². The highest BCUT2D eigenvalue weighted by Crippen LogP contribution is 2.27. The van der Waals surface area contributed by atoms with E-state index in [1.165, 1.54) is 12.1 Å². The molecule has 1 fully saturated rings. The van der Waals surface area contributed by atoms with Gasteiger partial charge in [0.05, 0.1) is 12.2 Å². The van der Waals surface area contributed by atoms with Gasteiger partial charge in [0.1, 0.15) is 5.82 Å². The third-order valence-electron chi connectivity index (χ3n) is 3.11. The molecular weight excluding hydrogens is 205 g/mol. The Kier molecular flexibility index (Phi) is 3.56. The summed E-state index contributed by atoms with van der Waals surface area (Å²) < 4.78 is 18.8. The number of rotatable bonds is 2. The molecule has 0 bridgehead atoms. The number of hydrogen-bond donors (Lipinski definition) is 1. The fourth-order valence-corrected chi connectivity index (χ4v) is 2.06. The van der Waals surface area contributed by atoms with Crippen molar-refractivity contribution in [2.45, 2.75) is 38.5 Å². The van der Waals surface area contributed by atoms with Crippen LogP contribution in [0, 0.1) is 5.82 Å². The van der Waals surface area contributed by atoms with Crippen molar-refractivity contribution in [1.82, 2.24) is 5.32 Å². The average molecular weight is 223 g/mol. The standard InChI is InChI=1S/C13H18FNO/c1-3-12-8-15-9(2)13(16-12)10-4-6-11(14)7-5-10/h4-7,9,12-13,15H,3,8H2,1-2H3. The minimum Gasteiger partial charge on any atom is -0.367 e. The van der Waals surface area contributed by atoms with Gasteiger partial charge in [-0.15, -0.1) is 0 Å². The number of halogens is 1. The van der Waals surface area contributed by atoms with E-state index in [0.717, 1.165) is 18.5 Å². The summed E-state index contributed by atoms with van der Waals surface area (Å²) in [7, 11) is 0. The maximum atomic E-state index is 12.8. The lowest BCUT2D eigenvalue weighted by Crippen LogP contribution is -2.46. The fourth-order valence-electron chi connectivity index (χ4n) is 2.06. The first kappa shape index (κ1) is 11.6. The van der Waals surface area contributed by atoms with E-state index in [-0.39, 0.29) is 24.1 Å². The molecule has 1 aromatic carbocycles. The van der Waals surface area contributed by atoms with Crippen LogP contribution in [0.25, 0.3) is 0 Å². The van der Waals surface area contributed by atoms with Crippen molar-refractivity contribution in [2.24, 2.45) is 0 Å². The molecule has 1 aliphatic rings. The van der Waals surface area contributed by atoms with E-state index in [1.807, 2.05) is 0 Å². The highest BCUT2D eigenvalue weighted by molar-refractivity contribution is 5.20. The molecule has 88 valence electrons. The maximum Gasteiger partial charge on any atom is 0.123 e. The third kappa shape index (κ3) is 2.42. The van der Waals surface area contributed by atoms with Crippen LogP contribution in [0.5, 0.6) is 0 Å². The average Bonchev–Trinajstić information content (AvgIpc) is 2.31. The lowest BCUT2D eigenvalue weighted by molar-refractivity contribution is -0.0622. The Bertz CT molecular complexity index is 338. The van der Waals surface area contributed by atoms with Gasteiger partial charge in [-0.1, -0.05) is 19.1 Å². The van der Waals surface area contributed by atoms with Crippen LogP contribution in [0.2, 0.25) is 0 Å². The summed E-state index contributed by atoms with van der Waals surface area (Å²) in [5, 5.41) is 3.43. The highest BCUT2D eigenvalue weighted by atomic mass is 19.1. The SMILES string of the molecule is CCC1CNC(C)C(c2ccc(F)cc2)O1. The summed E-state index contributed by atoms with van der Waals surface area (Å²) in [6, 6.07) is 6.85. The lowest BCUT2D eigenvalue weighted by Gasteiger charge is -2.35. The van der Waals surface area contributed by atoms with Crippen LogP contribution in [0.15, 0.2) is 24.3 Å². The normalized spacial score (nSPS) is 30.3. The molecule has 16 heavy (non-hydrogen) atoms.